The Kier molecular flexibility index (Phi) is 3.10. The van der Waals surface area contributed by atoms with E-state index in [1.807, 2.05) is 25.1 Å². The molecule has 1 heterocycles. The van der Waals surface area contributed by atoms with Gasteiger partial charge in [-0.15, -0.1) is 11.3 Å². The van der Waals surface area contributed by atoms with Gasteiger partial charge in [0.1, 0.15) is 11.6 Å². The van der Waals surface area contributed by atoms with Crippen molar-refractivity contribution in [2.75, 3.05) is 12.8 Å². The van der Waals surface area contributed by atoms with Crippen molar-refractivity contribution >= 4 is 17.2 Å². The number of aryl methyl sites for hydroxylation is 1. The molecule has 0 saturated heterocycles. The molecule has 3 nitrogen and oxygen atoms in total. The van der Waals surface area contributed by atoms with Crippen LogP contribution in [0.2, 0.25) is 0 Å². The van der Waals surface area contributed by atoms with Crippen LogP contribution < -0.4 is 10.5 Å². The van der Waals surface area contributed by atoms with Crippen molar-refractivity contribution in [3.63, 3.8) is 0 Å². The molecular weight excluding hydrogens is 220 g/mol. The lowest BCUT2D eigenvalue weighted by molar-refractivity contribution is 0.414. The van der Waals surface area contributed by atoms with Crippen LogP contribution in [-0.4, -0.2) is 12.1 Å². The fraction of sp³-hybridized carbons (Fsp3) is 0.250. The molecule has 0 saturated carbocycles. The van der Waals surface area contributed by atoms with Gasteiger partial charge in [0, 0.05) is 11.3 Å². The Labute approximate surface area is 98.9 Å². The summed E-state index contributed by atoms with van der Waals surface area (Å²) in [5.74, 6) is 1.52. The summed E-state index contributed by atoms with van der Waals surface area (Å²) in [7, 11) is 1.67. The summed E-state index contributed by atoms with van der Waals surface area (Å²) in [5.41, 5.74) is 6.91. The molecule has 0 fully saturated rings. The average Bonchev–Trinajstić information content (AvgIpc) is 2.58. The highest BCUT2D eigenvalue weighted by Crippen LogP contribution is 2.23. The fourth-order valence-corrected chi connectivity index (χ4v) is 2.38. The molecule has 0 spiro atoms. The minimum atomic E-state index is 0.642. The summed E-state index contributed by atoms with van der Waals surface area (Å²) in [6.45, 7) is 1.99. The molecule has 0 amide bonds. The Morgan fingerprint density at radius 3 is 2.88 bits per heavy atom. The van der Waals surface area contributed by atoms with Crippen molar-refractivity contribution in [1.29, 1.82) is 0 Å². The number of aromatic nitrogens is 1. The minimum absolute atomic E-state index is 0.642. The van der Waals surface area contributed by atoms with Crippen LogP contribution in [0.3, 0.4) is 0 Å². The monoisotopic (exact) mass is 234 g/mol. The van der Waals surface area contributed by atoms with Crippen LogP contribution in [0.4, 0.5) is 5.82 Å². The lowest BCUT2D eigenvalue weighted by Gasteiger charge is -2.02. The second-order valence-electron chi connectivity index (χ2n) is 3.58. The van der Waals surface area contributed by atoms with Crippen molar-refractivity contribution in [1.82, 2.24) is 4.98 Å². The molecule has 0 unspecified atom stereocenters. The predicted molar refractivity (Wildman–Crippen MR) is 67.1 cm³/mol. The summed E-state index contributed by atoms with van der Waals surface area (Å²) in [6, 6.07) is 8.01. The second kappa shape index (κ2) is 4.53. The largest absolute Gasteiger partial charge is 0.497 e. The number of methoxy groups -OCH3 is 1. The first-order valence-electron chi connectivity index (χ1n) is 5.03. The third-order valence-electron chi connectivity index (χ3n) is 2.37. The second-order valence-corrected chi connectivity index (χ2v) is 4.87. The van der Waals surface area contributed by atoms with E-state index in [0.29, 0.717) is 5.82 Å². The molecule has 0 aliphatic heterocycles. The first-order valence-corrected chi connectivity index (χ1v) is 5.85. The van der Waals surface area contributed by atoms with Crippen molar-refractivity contribution in [3.8, 4) is 5.75 Å². The van der Waals surface area contributed by atoms with Gasteiger partial charge < -0.3 is 10.5 Å². The first kappa shape index (κ1) is 11.0. The molecule has 0 aliphatic rings. The minimum Gasteiger partial charge on any atom is -0.497 e. The van der Waals surface area contributed by atoms with E-state index in [0.717, 1.165) is 22.1 Å². The van der Waals surface area contributed by atoms with E-state index >= 15 is 0 Å². The normalized spacial score (nSPS) is 10.4. The summed E-state index contributed by atoms with van der Waals surface area (Å²) in [5, 5.41) is 1.04. The van der Waals surface area contributed by atoms with Gasteiger partial charge in [0.05, 0.1) is 12.1 Å². The molecule has 16 heavy (non-hydrogen) atoms. The fourth-order valence-electron chi connectivity index (χ4n) is 1.50. The summed E-state index contributed by atoms with van der Waals surface area (Å²) >= 11 is 1.65. The Morgan fingerprint density at radius 2 is 2.25 bits per heavy atom. The maximum absolute atomic E-state index is 5.72. The zero-order valence-corrected chi connectivity index (χ0v) is 10.2. The standard InChI is InChI=1S/C12H14N2OS/c1-8-12(13)14-11(16-8)7-9-4-3-5-10(6-9)15-2/h3-6H,7,13H2,1-2H3. The van der Waals surface area contributed by atoms with E-state index < -0.39 is 0 Å². The lowest BCUT2D eigenvalue weighted by atomic mass is 10.1. The number of benzene rings is 1. The number of nitrogen functional groups attached to an aromatic ring is 1. The van der Waals surface area contributed by atoms with Gasteiger partial charge in [0.25, 0.3) is 0 Å². The van der Waals surface area contributed by atoms with Crippen molar-refractivity contribution in [2.24, 2.45) is 0 Å². The van der Waals surface area contributed by atoms with E-state index in [4.69, 9.17) is 10.5 Å². The molecule has 2 rings (SSSR count). The van der Waals surface area contributed by atoms with Crippen LogP contribution in [0.15, 0.2) is 24.3 Å². The van der Waals surface area contributed by atoms with E-state index in [9.17, 15) is 0 Å². The number of nitrogens with two attached hydrogens (primary N) is 1. The molecule has 0 atom stereocenters. The maximum Gasteiger partial charge on any atom is 0.137 e. The smallest absolute Gasteiger partial charge is 0.137 e. The molecule has 4 heteroatoms. The Morgan fingerprint density at radius 1 is 1.44 bits per heavy atom. The highest BCUT2D eigenvalue weighted by molar-refractivity contribution is 7.12. The molecule has 0 radical (unpaired) electrons. The lowest BCUT2D eigenvalue weighted by Crippen LogP contribution is -1.91. The van der Waals surface area contributed by atoms with Crippen LogP contribution in [0.25, 0.3) is 0 Å². The van der Waals surface area contributed by atoms with Gasteiger partial charge >= 0.3 is 0 Å². The van der Waals surface area contributed by atoms with Crippen molar-refractivity contribution in [3.05, 3.63) is 39.7 Å². The number of hydrogen-bond donors (Lipinski definition) is 1. The van der Waals surface area contributed by atoms with Crippen LogP contribution in [0.5, 0.6) is 5.75 Å². The number of rotatable bonds is 3. The van der Waals surface area contributed by atoms with E-state index in [1.165, 1.54) is 5.56 Å². The number of anilines is 1. The van der Waals surface area contributed by atoms with Crippen LogP contribution >= 0.6 is 11.3 Å². The van der Waals surface area contributed by atoms with Gasteiger partial charge in [0.15, 0.2) is 0 Å². The Bertz CT molecular complexity index is 474. The molecule has 2 N–H and O–H groups in total. The number of ether oxygens (including phenoxy) is 1. The van der Waals surface area contributed by atoms with Gasteiger partial charge in [-0.25, -0.2) is 4.98 Å². The summed E-state index contributed by atoms with van der Waals surface area (Å²) in [4.78, 5) is 5.40. The molecular formula is C12H14N2OS. The van der Waals surface area contributed by atoms with Gasteiger partial charge in [-0.2, -0.15) is 0 Å². The Balaban J connectivity index is 2.20. The quantitative estimate of drug-likeness (QED) is 0.888. The molecule has 84 valence electrons. The molecule has 1 aromatic heterocycles. The third kappa shape index (κ3) is 2.33. The molecule has 1 aromatic carbocycles. The van der Waals surface area contributed by atoms with Crippen molar-refractivity contribution in [2.45, 2.75) is 13.3 Å². The van der Waals surface area contributed by atoms with E-state index in [1.54, 1.807) is 18.4 Å². The van der Waals surface area contributed by atoms with Gasteiger partial charge in [-0.05, 0) is 24.6 Å². The zero-order chi connectivity index (χ0) is 11.5. The van der Waals surface area contributed by atoms with Gasteiger partial charge in [0.2, 0.25) is 0 Å². The zero-order valence-electron chi connectivity index (χ0n) is 9.36. The number of hydrogen-bond acceptors (Lipinski definition) is 4. The predicted octanol–water partition coefficient (Wildman–Crippen LogP) is 2.63. The molecule has 0 aliphatic carbocycles. The third-order valence-corrected chi connectivity index (χ3v) is 3.35. The number of thiazole rings is 1. The number of nitrogens with zero attached hydrogens (tertiary/aromatic N) is 1. The van der Waals surface area contributed by atoms with Crippen LogP contribution in [-0.2, 0) is 6.42 Å². The average molecular weight is 234 g/mol. The van der Waals surface area contributed by atoms with E-state index in [-0.39, 0.29) is 0 Å². The summed E-state index contributed by atoms with van der Waals surface area (Å²) < 4.78 is 5.18. The van der Waals surface area contributed by atoms with E-state index in [2.05, 4.69) is 11.1 Å². The molecule has 2 aromatic rings. The van der Waals surface area contributed by atoms with Gasteiger partial charge in [-0.3, -0.25) is 0 Å². The summed E-state index contributed by atoms with van der Waals surface area (Å²) in [6.07, 6.45) is 0.805. The molecule has 0 bridgehead atoms. The highest BCUT2D eigenvalue weighted by atomic mass is 32.1. The highest BCUT2D eigenvalue weighted by Gasteiger charge is 2.05. The van der Waals surface area contributed by atoms with Gasteiger partial charge in [-0.1, -0.05) is 12.1 Å². The first-order chi connectivity index (χ1) is 7.69. The van der Waals surface area contributed by atoms with Crippen LogP contribution in [0, 0.1) is 6.92 Å². The SMILES string of the molecule is COc1cccc(Cc2nc(N)c(C)s2)c1. The Hall–Kier alpha value is -1.55. The van der Waals surface area contributed by atoms with Crippen LogP contribution in [0.1, 0.15) is 15.4 Å². The topological polar surface area (TPSA) is 48.1 Å². The van der Waals surface area contributed by atoms with Crippen molar-refractivity contribution < 1.29 is 4.74 Å². The maximum atomic E-state index is 5.72.